The van der Waals surface area contributed by atoms with E-state index in [1.165, 1.54) is 12.1 Å². The SMILES string of the molecule is CCNC(=NCC1(c2ccc(F)cc2)CCOCC1)N(C)Cc1cc(Cl)cn1C. The normalized spacial score (nSPS) is 16.7. The van der Waals surface area contributed by atoms with E-state index in [1.54, 1.807) is 0 Å². The fraction of sp³-hybridized carbons (Fsp3) is 0.500. The number of benzene rings is 1. The van der Waals surface area contributed by atoms with Gasteiger partial charge in [-0.2, -0.15) is 0 Å². The zero-order valence-electron chi connectivity index (χ0n) is 17.4. The Bertz CT molecular complexity index is 828. The highest BCUT2D eigenvalue weighted by molar-refractivity contribution is 6.30. The first-order chi connectivity index (χ1) is 13.9. The van der Waals surface area contributed by atoms with Crippen molar-refractivity contribution in [3.63, 3.8) is 0 Å². The number of nitrogens with one attached hydrogen (secondary N) is 1. The minimum atomic E-state index is -0.214. The van der Waals surface area contributed by atoms with Crippen molar-refractivity contribution in [1.82, 2.24) is 14.8 Å². The maximum atomic E-state index is 13.5. The Morgan fingerprint density at radius 2 is 2.00 bits per heavy atom. The highest BCUT2D eigenvalue weighted by Gasteiger charge is 2.34. The van der Waals surface area contributed by atoms with Gasteiger partial charge in [0.2, 0.25) is 0 Å². The maximum Gasteiger partial charge on any atom is 0.194 e. The van der Waals surface area contributed by atoms with E-state index in [0.717, 1.165) is 41.6 Å². The van der Waals surface area contributed by atoms with Crippen molar-refractivity contribution in [2.75, 3.05) is 33.4 Å². The molecular formula is C22H30ClFN4O. The van der Waals surface area contributed by atoms with Crippen LogP contribution in [-0.2, 0) is 23.7 Å². The highest BCUT2D eigenvalue weighted by Crippen LogP contribution is 2.35. The minimum absolute atomic E-state index is 0.137. The number of hydrogen-bond donors (Lipinski definition) is 1. The Labute approximate surface area is 177 Å². The number of guanidine groups is 1. The fourth-order valence-corrected chi connectivity index (χ4v) is 4.11. The zero-order chi connectivity index (χ0) is 20.9. The minimum Gasteiger partial charge on any atom is -0.381 e. The summed E-state index contributed by atoms with van der Waals surface area (Å²) in [7, 11) is 4.02. The quantitative estimate of drug-likeness (QED) is 0.568. The molecule has 0 spiro atoms. The van der Waals surface area contributed by atoms with E-state index in [2.05, 4.69) is 17.1 Å². The molecule has 0 saturated carbocycles. The zero-order valence-corrected chi connectivity index (χ0v) is 18.2. The molecule has 1 aliphatic heterocycles. The lowest BCUT2D eigenvalue weighted by molar-refractivity contribution is 0.0530. The monoisotopic (exact) mass is 420 g/mol. The summed E-state index contributed by atoms with van der Waals surface area (Å²) >= 11 is 6.13. The molecule has 0 aliphatic carbocycles. The Hall–Kier alpha value is -2.05. The molecule has 1 saturated heterocycles. The molecule has 1 aromatic carbocycles. The molecular weight excluding hydrogens is 391 g/mol. The van der Waals surface area contributed by atoms with Crippen molar-refractivity contribution in [1.29, 1.82) is 0 Å². The molecule has 0 atom stereocenters. The van der Waals surface area contributed by atoms with Crippen LogP contribution in [0.25, 0.3) is 0 Å². The fourth-order valence-electron chi connectivity index (χ4n) is 3.84. The average Bonchev–Trinajstić information content (AvgIpc) is 3.03. The summed E-state index contributed by atoms with van der Waals surface area (Å²) in [6, 6.07) is 8.82. The molecule has 0 radical (unpaired) electrons. The van der Waals surface area contributed by atoms with Crippen LogP contribution in [0, 0.1) is 5.82 Å². The lowest BCUT2D eigenvalue weighted by atomic mass is 9.74. The third kappa shape index (κ3) is 5.31. The molecule has 2 heterocycles. The Balaban J connectivity index is 1.82. The van der Waals surface area contributed by atoms with Crippen molar-refractivity contribution in [2.24, 2.45) is 12.0 Å². The van der Waals surface area contributed by atoms with Gasteiger partial charge < -0.3 is 19.5 Å². The van der Waals surface area contributed by atoms with Crippen LogP contribution < -0.4 is 5.32 Å². The van der Waals surface area contributed by atoms with Crippen LogP contribution in [0.3, 0.4) is 0 Å². The second-order valence-corrected chi connectivity index (χ2v) is 8.12. The Kier molecular flexibility index (Phi) is 7.19. The predicted octanol–water partition coefficient (Wildman–Crippen LogP) is 3.96. The summed E-state index contributed by atoms with van der Waals surface area (Å²) in [4.78, 5) is 7.08. The van der Waals surface area contributed by atoms with E-state index in [0.29, 0.717) is 26.3 Å². The smallest absolute Gasteiger partial charge is 0.194 e. The van der Waals surface area contributed by atoms with Crippen molar-refractivity contribution >= 4 is 17.6 Å². The number of aliphatic imine (C=N–C) groups is 1. The van der Waals surface area contributed by atoms with Gasteiger partial charge in [0.15, 0.2) is 5.96 Å². The van der Waals surface area contributed by atoms with Gasteiger partial charge in [0.25, 0.3) is 0 Å². The van der Waals surface area contributed by atoms with E-state index in [1.807, 2.05) is 43.1 Å². The summed E-state index contributed by atoms with van der Waals surface area (Å²) in [6.07, 6.45) is 3.65. The summed E-state index contributed by atoms with van der Waals surface area (Å²) in [5.41, 5.74) is 2.10. The van der Waals surface area contributed by atoms with Crippen LogP contribution in [-0.4, -0.2) is 48.8 Å². The summed E-state index contributed by atoms with van der Waals surface area (Å²) < 4.78 is 21.1. The molecule has 1 fully saturated rings. The second-order valence-electron chi connectivity index (χ2n) is 7.69. The average molecular weight is 421 g/mol. The molecule has 0 unspecified atom stereocenters. The molecule has 1 aliphatic rings. The van der Waals surface area contributed by atoms with E-state index in [9.17, 15) is 4.39 Å². The van der Waals surface area contributed by atoms with Gasteiger partial charge >= 0.3 is 0 Å². The number of ether oxygens (including phenoxy) is 1. The standard InChI is InChI=1S/C22H30ClFN4O/c1-4-25-21(28(3)15-20-13-18(23)14-27(20)2)26-16-22(9-11-29-12-10-22)17-5-7-19(24)8-6-17/h5-8,13-14H,4,9-12,15-16H2,1-3H3,(H,25,26). The van der Waals surface area contributed by atoms with Gasteiger partial charge in [0.05, 0.1) is 18.1 Å². The molecule has 29 heavy (non-hydrogen) atoms. The third-order valence-corrected chi connectivity index (χ3v) is 5.81. The van der Waals surface area contributed by atoms with E-state index in [4.69, 9.17) is 21.3 Å². The Morgan fingerprint density at radius 3 is 2.59 bits per heavy atom. The van der Waals surface area contributed by atoms with Crippen LogP contribution in [0.15, 0.2) is 41.5 Å². The predicted molar refractivity (Wildman–Crippen MR) is 116 cm³/mol. The van der Waals surface area contributed by atoms with Gasteiger partial charge in [-0.25, -0.2) is 4.39 Å². The number of aromatic nitrogens is 1. The number of halogens is 2. The van der Waals surface area contributed by atoms with Crippen LogP contribution in [0.2, 0.25) is 5.02 Å². The maximum absolute atomic E-state index is 13.5. The van der Waals surface area contributed by atoms with Crippen molar-refractivity contribution in [3.8, 4) is 0 Å². The second kappa shape index (κ2) is 9.63. The van der Waals surface area contributed by atoms with Gasteiger partial charge in [-0.1, -0.05) is 23.7 Å². The van der Waals surface area contributed by atoms with Gasteiger partial charge in [-0.3, -0.25) is 4.99 Å². The molecule has 2 aromatic rings. The summed E-state index contributed by atoms with van der Waals surface area (Å²) in [5, 5.41) is 4.12. The first-order valence-electron chi connectivity index (χ1n) is 10.1. The molecule has 158 valence electrons. The molecule has 1 aromatic heterocycles. The molecule has 0 bridgehead atoms. The number of aryl methyl sites for hydroxylation is 1. The lowest BCUT2D eigenvalue weighted by Crippen LogP contribution is -2.42. The van der Waals surface area contributed by atoms with Gasteiger partial charge in [-0.05, 0) is 43.5 Å². The van der Waals surface area contributed by atoms with Gasteiger partial charge in [0, 0.05) is 51.2 Å². The summed E-state index contributed by atoms with van der Waals surface area (Å²) in [5.74, 6) is 0.631. The number of hydrogen-bond acceptors (Lipinski definition) is 2. The Morgan fingerprint density at radius 1 is 1.31 bits per heavy atom. The van der Waals surface area contributed by atoms with E-state index >= 15 is 0 Å². The van der Waals surface area contributed by atoms with E-state index in [-0.39, 0.29) is 11.2 Å². The van der Waals surface area contributed by atoms with Crippen molar-refractivity contribution in [3.05, 3.63) is 58.6 Å². The van der Waals surface area contributed by atoms with Crippen LogP contribution in [0.4, 0.5) is 4.39 Å². The van der Waals surface area contributed by atoms with Gasteiger partial charge in [0.1, 0.15) is 5.82 Å². The first-order valence-corrected chi connectivity index (χ1v) is 10.5. The van der Waals surface area contributed by atoms with Crippen molar-refractivity contribution < 1.29 is 9.13 Å². The van der Waals surface area contributed by atoms with E-state index < -0.39 is 0 Å². The molecule has 1 N–H and O–H groups in total. The van der Waals surface area contributed by atoms with Crippen molar-refractivity contribution in [2.45, 2.75) is 31.7 Å². The van der Waals surface area contributed by atoms with Gasteiger partial charge in [-0.15, -0.1) is 0 Å². The number of nitrogens with zero attached hydrogens (tertiary/aromatic N) is 3. The molecule has 5 nitrogen and oxygen atoms in total. The van der Waals surface area contributed by atoms with Crippen LogP contribution in [0.5, 0.6) is 0 Å². The third-order valence-electron chi connectivity index (χ3n) is 5.61. The molecule has 7 heteroatoms. The summed E-state index contributed by atoms with van der Waals surface area (Å²) in [6.45, 7) is 5.56. The largest absolute Gasteiger partial charge is 0.381 e. The lowest BCUT2D eigenvalue weighted by Gasteiger charge is -2.37. The van der Waals surface area contributed by atoms with Crippen LogP contribution >= 0.6 is 11.6 Å². The number of rotatable bonds is 6. The molecule has 3 rings (SSSR count). The first kappa shape index (κ1) is 21.7. The molecule has 0 amide bonds. The van der Waals surface area contributed by atoms with Crippen LogP contribution in [0.1, 0.15) is 31.0 Å². The highest BCUT2D eigenvalue weighted by atomic mass is 35.5. The topological polar surface area (TPSA) is 41.8 Å².